The van der Waals surface area contributed by atoms with Gasteiger partial charge < -0.3 is 14.4 Å². The number of aromatic nitrogens is 2. The summed E-state index contributed by atoms with van der Waals surface area (Å²) < 4.78 is 8.36. The molecule has 5 rings (SSSR count). The van der Waals surface area contributed by atoms with Crippen molar-refractivity contribution >= 4 is 0 Å². The van der Waals surface area contributed by atoms with Crippen LogP contribution in [0.1, 0.15) is 50.6 Å². The molecule has 2 saturated carbocycles. The molecule has 1 spiro atoms. The van der Waals surface area contributed by atoms with Crippen molar-refractivity contribution in [1.82, 2.24) is 9.55 Å². The molecule has 1 aromatic heterocycles. The van der Waals surface area contributed by atoms with Crippen molar-refractivity contribution in [2.75, 3.05) is 6.61 Å². The van der Waals surface area contributed by atoms with Crippen LogP contribution in [0.4, 0.5) is 0 Å². The Bertz CT molecular complexity index is 825. The summed E-state index contributed by atoms with van der Waals surface area (Å²) in [5.74, 6) is 2.04. The van der Waals surface area contributed by atoms with Crippen molar-refractivity contribution < 1.29 is 9.84 Å². The van der Waals surface area contributed by atoms with Crippen molar-refractivity contribution in [3.05, 3.63) is 48.0 Å². The van der Waals surface area contributed by atoms with Crippen molar-refractivity contribution in [1.29, 1.82) is 0 Å². The molecule has 2 heterocycles. The molecule has 3 aliphatic rings. The van der Waals surface area contributed by atoms with E-state index in [1.165, 1.54) is 12.0 Å². The molecule has 26 heavy (non-hydrogen) atoms. The third-order valence-corrected chi connectivity index (χ3v) is 7.76. The zero-order valence-corrected chi connectivity index (χ0v) is 15.9. The summed E-state index contributed by atoms with van der Waals surface area (Å²) in [5, 5.41) is 11.1. The van der Waals surface area contributed by atoms with Gasteiger partial charge in [-0.05, 0) is 61.1 Å². The first-order chi connectivity index (χ1) is 12.4. The van der Waals surface area contributed by atoms with Crippen LogP contribution in [0.25, 0.3) is 5.69 Å². The van der Waals surface area contributed by atoms with Crippen LogP contribution in [0.15, 0.2) is 36.7 Å². The number of aliphatic hydroxyl groups excluding tert-OH is 1. The normalized spacial score (nSPS) is 37.7. The Kier molecular flexibility index (Phi) is 3.45. The van der Waals surface area contributed by atoms with Gasteiger partial charge >= 0.3 is 0 Å². The first kappa shape index (κ1) is 16.5. The smallest absolute Gasteiger partial charge is 0.110 e. The average Bonchev–Trinajstić information content (AvgIpc) is 3.29. The Balaban J connectivity index is 1.46. The average molecular weight is 352 g/mol. The van der Waals surface area contributed by atoms with Gasteiger partial charge in [0.05, 0.1) is 12.2 Å². The molecular formula is C22H28N2O2. The fourth-order valence-corrected chi connectivity index (χ4v) is 6.23. The van der Waals surface area contributed by atoms with E-state index in [0.29, 0.717) is 11.8 Å². The van der Waals surface area contributed by atoms with Crippen LogP contribution < -0.4 is 0 Å². The maximum atomic E-state index is 11.1. The van der Waals surface area contributed by atoms with E-state index < -0.39 is 0 Å². The van der Waals surface area contributed by atoms with Gasteiger partial charge in [-0.3, -0.25) is 0 Å². The fraction of sp³-hybridized carbons (Fsp3) is 0.591. The quantitative estimate of drug-likeness (QED) is 0.887. The Morgan fingerprint density at radius 3 is 2.65 bits per heavy atom. The van der Waals surface area contributed by atoms with Crippen molar-refractivity contribution in [2.45, 2.75) is 52.2 Å². The van der Waals surface area contributed by atoms with Crippen molar-refractivity contribution in [3.8, 4) is 5.69 Å². The Labute approximate surface area is 155 Å². The Hall–Kier alpha value is -1.65. The van der Waals surface area contributed by atoms with Crippen LogP contribution >= 0.6 is 0 Å². The zero-order valence-electron chi connectivity index (χ0n) is 15.9. The zero-order chi connectivity index (χ0) is 18.1. The van der Waals surface area contributed by atoms with Gasteiger partial charge in [0.1, 0.15) is 5.82 Å². The lowest BCUT2D eigenvalue weighted by Gasteiger charge is -2.51. The second kappa shape index (κ2) is 5.43. The van der Waals surface area contributed by atoms with Gasteiger partial charge in [-0.25, -0.2) is 4.98 Å². The minimum atomic E-state index is -0.210. The predicted octanol–water partition coefficient (Wildman–Crippen LogP) is 4.06. The van der Waals surface area contributed by atoms with E-state index in [0.717, 1.165) is 31.0 Å². The minimum Gasteiger partial charge on any atom is -0.392 e. The third-order valence-electron chi connectivity index (χ3n) is 7.76. The molecule has 3 fully saturated rings. The highest BCUT2D eigenvalue weighted by Crippen LogP contribution is 2.70. The number of nitrogens with zero attached hydrogens (tertiary/aromatic N) is 2. The van der Waals surface area contributed by atoms with E-state index in [9.17, 15) is 5.11 Å². The lowest BCUT2D eigenvalue weighted by molar-refractivity contribution is -0.164. The molecule has 1 saturated heterocycles. The number of imidazole rings is 1. The van der Waals surface area contributed by atoms with E-state index in [-0.39, 0.29) is 23.0 Å². The number of aryl methyl sites for hydroxylation is 1. The molecule has 138 valence electrons. The largest absolute Gasteiger partial charge is 0.392 e. The summed E-state index contributed by atoms with van der Waals surface area (Å²) >= 11 is 0. The van der Waals surface area contributed by atoms with Gasteiger partial charge in [-0.2, -0.15) is 0 Å². The summed E-state index contributed by atoms with van der Waals surface area (Å²) in [6, 6.07) is 8.70. The van der Waals surface area contributed by atoms with Gasteiger partial charge in [0.15, 0.2) is 0 Å². The molecule has 1 aliphatic heterocycles. The Morgan fingerprint density at radius 2 is 2.00 bits per heavy atom. The first-order valence-corrected chi connectivity index (χ1v) is 9.83. The van der Waals surface area contributed by atoms with Gasteiger partial charge in [-0.1, -0.05) is 26.0 Å². The van der Waals surface area contributed by atoms with Crippen LogP contribution in [0.3, 0.4) is 0 Å². The topological polar surface area (TPSA) is 47.3 Å². The molecule has 2 aliphatic carbocycles. The number of ether oxygens (including phenoxy) is 1. The molecule has 2 bridgehead atoms. The lowest BCUT2D eigenvalue weighted by Crippen LogP contribution is -2.51. The van der Waals surface area contributed by atoms with Gasteiger partial charge in [0, 0.05) is 30.1 Å². The number of aliphatic hydroxyl groups is 1. The van der Waals surface area contributed by atoms with E-state index >= 15 is 0 Å². The molecule has 5 atom stereocenters. The van der Waals surface area contributed by atoms with Gasteiger partial charge in [-0.15, -0.1) is 0 Å². The van der Waals surface area contributed by atoms with E-state index in [1.807, 2.05) is 19.3 Å². The molecular weight excluding hydrogens is 324 g/mol. The SMILES string of the molecule is Cc1nccn1-c1ccc([C@H]2OCCC34C[C@@H](C[C@H]23)C(C)(C)[C@H]4O)cc1. The highest BCUT2D eigenvalue weighted by atomic mass is 16.5. The lowest BCUT2D eigenvalue weighted by atomic mass is 9.60. The molecule has 4 nitrogen and oxygen atoms in total. The van der Waals surface area contributed by atoms with Crippen LogP contribution in [0.2, 0.25) is 0 Å². The molecule has 0 amide bonds. The fourth-order valence-electron chi connectivity index (χ4n) is 6.23. The highest BCUT2D eigenvalue weighted by Gasteiger charge is 2.67. The van der Waals surface area contributed by atoms with Crippen molar-refractivity contribution in [3.63, 3.8) is 0 Å². The van der Waals surface area contributed by atoms with Crippen LogP contribution in [0.5, 0.6) is 0 Å². The molecule has 1 aromatic carbocycles. The van der Waals surface area contributed by atoms with Crippen molar-refractivity contribution in [2.24, 2.45) is 22.7 Å². The maximum absolute atomic E-state index is 11.1. The number of rotatable bonds is 2. The van der Waals surface area contributed by atoms with Gasteiger partial charge in [0.2, 0.25) is 0 Å². The van der Waals surface area contributed by atoms with E-state index in [1.54, 1.807) is 0 Å². The molecule has 4 heteroatoms. The summed E-state index contributed by atoms with van der Waals surface area (Å²) in [4.78, 5) is 4.31. The summed E-state index contributed by atoms with van der Waals surface area (Å²) in [6.07, 6.45) is 7.06. The first-order valence-electron chi connectivity index (χ1n) is 9.83. The molecule has 0 radical (unpaired) electrons. The predicted molar refractivity (Wildman–Crippen MR) is 100 cm³/mol. The number of fused-ring (bicyclic) bond motifs is 1. The van der Waals surface area contributed by atoms with E-state index in [4.69, 9.17) is 4.74 Å². The Morgan fingerprint density at radius 1 is 1.23 bits per heavy atom. The standard InChI is InChI=1S/C22H28N2O2/c1-14-23-9-10-24(14)17-6-4-15(5-7-17)19-18-12-16-13-22(18,8-11-26-19)20(25)21(16,2)3/h4-7,9-10,16,18-20,25H,8,11-13H2,1-3H3/t16-,18-,19-,20-,22?/m1/s1. The highest BCUT2D eigenvalue weighted by molar-refractivity contribution is 5.37. The minimum absolute atomic E-state index is 0.0429. The van der Waals surface area contributed by atoms with E-state index in [2.05, 4.69) is 47.7 Å². The molecule has 1 unspecified atom stereocenters. The molecule has 2 aromatic rings. The van der Waals surface area contributed by atoms with Crippen LogP contribution in [-0.2, 0) is 4.74 Å². The molecule has 1 N–H and O–H groups in total. The summed E-state index contributed by atoms with van der Waals surface area (Å²) in [6.45, 7) is 7.27. The number of hydrogen-bond acceptors (Lipinski definition) is 3. The van der Waals surface area contributed by atoms with Crippen LogP contribution in [0, 0.1) is 29.6 Å². The number of benzene rings is 1. The second-order valence-corrected chi connectivity index (χ2v) is 9.18. The maximum Gasteiger partial charge on any atom is 0.110 e. The monoisotopic (exact) mass is 352 g/mol. The third kappa shape index (κ3) is 2.06. The summed E-state index contributed by atoms with van der Waals surface area (Å²) in [5.41, 5.74) is 2.47. The summed E-state index contributed by atoms with van der Waals surface area (Å²) in [7, 11) is 0. The van der Waals surface area contributed by atoms with Gasteiger partial charge in [0.25, 0.3) is 0 Å². The number of hydrogen-bond donors (Lipinski definition) is 1. The van der Waals surface area contributed by atoms with Crippen LogP contribution in [-0.4, -0.2) is 27.4 Å². The second-order valence-electron chi connectivity index (χ2n) is 9.18.